The molecule has 0 unspecified atom stereocenters. The molecule has 126 valence electrons. The molecule has 0 radical (unpaired) electrons. The Labute approximate surface area is 140 Å². The molecule has 1 heterocycles. The molecule has 1 saturated heterocycles. The summed E-state index contributed by atoms with van der Waals surface area (Å²) in [5.41, 5.74) is 1.23. The molecule has 3 nitrogen and oxygen atoms in total. The molecule has 0 saturated carbocycles. The zero-order valence-electron chi connectivity index (χ0n) is 13.6. The molecule has 0 amide bonds. The van der Waals surface area contributed by atoms with Crippen LogP contribution in [0, 0.1) is 17.6 Å². The highest BCUT2D eigenvalue weighted by atomic mass is 19.2. The first kappa shape index (κ1) is 16.6. The number of ketones is 1. The van der Waals surface area contributed by atoms with E-state index < -0.39 is 11.6 Å². The molecule has 0 bridgehead atoms. The van der Waals surface area contributed by atoms with E-state index in [-0.39, 0.29) is 17.4 Å². The summed E-state index contributed by atoms with van der Waals surface area (Å²) >= 11 is 0. The first-order valence-corrected chi connectivity index (χ1v) is 8.08. The fourth-order valence-electron chi connectivity index (χ4n) is 3.01. The predicted molar refractivity (Wildman–Crippen MR) is 90.6 cm³/mol. The lowest BCUT2D eigenvalue weighted by Crippen LogP contribution is -2.33. The van der Waals surface area contributed by atoms with Crippen LogP contribution in [0.25, 0.3) is 0 Å². The Morgan fingerprint density at radius 2 is 1.83 bits per heavy atom. The average Bonchev–Trinajstić information content (AvgIpc) is 2.59. The molecule has 24 heavy (non-hydrogen) atoms. The van der Waals surface area contributed by atoms with Gasteiger partial charge in [-0.3, -0.25) is 4.79 Å². The van der Waals surface area contributed by atoms with Crippen molar-refractivity contribution < 1.29 is 13.6 Å². The van der Waals surface area contributed by atoms with E-state index in [4.69, 9.17) is 0 Å². The van der Waals surface area contributed by atoms with Gasteiger partial charge in [0.1, 0.15) is 0 Å². The van der Waals surface area contributed by atoms with Gasteiger partial charge in [0.05, 0.1) is 5.69 Å². The molecule has 0 aliphatic carbocycles. The number of nitrogens with one attached hydrogen (secondary N) is 1. The predicted octanol–water partition coefficient (Wildman–Crippen LogP) is 4.23. The molecule has 0 spiro atoms. The number of nitrogens with zero attached hydrogens (tertiary/aromatic N) is 1. The van der Waals surface area contributed by atoms with Crippen molar-refractivity contribution >= 4 is 17.2 Å². The van der Waals surface area contributed by atoms with Crippen molar-refractivity contribution in [2.75, 3.05) is 25.5 Å². The minimum absolute atomic E-state index is 0.0300. The number of anilines is 2. The highest BCUT2D eigenvalue weighted by molar-refractivity contribution is 5.98. The molecule has 2 aromatic rings. The summed E-state index contributed by atoms with van der Waals surface area (Å²) in [5, 5.41) is 2.84. The monoisotopic (exact) mass is 330 g/mol. The van der Waals surface area contributed by atoms with E-state index in [1.165, 1.54) is 12.1 Å². The van der Waals surface area contributed by atoms with Gasteiger partial charge in [-0.1, -0.05) is 18.2 Å². The number of carbonyl (C=O) groups is 1. The number of likely N-dealkylation sites (tertiary alicyclic amines) is 1. The summed E-state index contributed by atoms with van der Waals surface area (Å²) in [4.78, 5) is 14.9. The van der Waals surface area contributed by atoms with Crippen LogP contribution in [-0.2, 0) is 0 Å². The second-order valence-electron chi connectivity index (χ2n) is 6.25. The minimum atomic E-state index is -0.926. The second-order valence-corrected chi connectivity index (χ2v) is 6.25. The lowest BCUT2D eigenvalue weighted by atomic mass is 9.89. The van der Waals surface area contributed by atoms with Crippen LogP contribution in [0.15, 0.2) is 42.5 Å². The lowest BCUT2D eigenvalue weighted by molar-refractivity contribution is 0.0857. The molecule has 0 aromatic heterocycles. The fourth-order valence-corrected chi connectivity index (χ4v) is 3.01. The zero-order valence-corrected chi connectivity index (χ0v) is 13.6. The van der Waals surface area contributed by atoms with Crippen molar-refractivity contribution in [2.24, 2.45) is 5.92 Å². The highest BCUT2D eigenvalue weighted by Crippen LogP contribution is 2.25. The minimum Gasteiger partial charge on any atom is -0.353 e. The normalized spacial score (nSPS) is 16.1. The second kappa shape index (κ2) is 7.09. The first-order valence-electron chi connectivity index (χ1n) is 8.08. The van der Waals surface area contributed by atoms with E-state index in [0.717, 1.165) is 32.0 Å². The van der Waals surface area contributed by atoms with Crippen molar-refractivity contribution in [3.05, 3.63) is 59.7 Å². The number of benzene rings is 2. The van der Waals surface area contributed by atoms with Gasteiger partial charge in [0.2, 0.25) is 0 Å². The standard InChI is InChI=1S/C19H20F2N2O/c1-23-10-8-13(9-11-23)19(24)14-4-2-5-15(12-14)22-17-7-3-6-16(20)18(17)21/h2-7,12-13,22H,8-11H2,1H3. The largest absolute Gasteiger partial charge is 0.353 e. The molecular weight excluding hydrogens is 310 g/mol. The summed E-state index contributed by atoms with van der Waals surface area (Å²) in [6, 6.07) is 10.9. The van der Waals surface area contributed by atoms with E-state index in [1.54, 1.807) is 24.3 Å². The Bertz CT molecular complexity index is 740. The number of rotatable bonds is 4. The SMILES string of the molecule is CN1CCC(C(=O)c2cccc(Nc3cccc(F)c3F)c2)CC1. The Balaban J connectivity index is 1.76. The van der Waals surface area contributed by atoms with Crippen LogP contribution >= 0.6 is 0 Å². The highest BCUT2D eigenvalue weighted by Gasteiger charge is 2.24. The van der Waals surface area contributed by atoms with Gasteiger partial charge in [-0.15, -0.1) is 0 Å². The number of piperidine rings is 1. The molecule has 1 fully saturated rings. The quantitative estimate of drug-likeness (QED) is 0.851. The smallest absolute Gasteiger partial charge is 0.182 e. The lowest BCUT2D eigenvalue weighted by Gasteiger charge is -2.28. The van der Waals surface area contributed by atoms with E-state index >= 15 is 0 Å². The van der Waals surface area contributed by atoms with Gasteiger partial charge in [-0.2, -0.15) is 0 Å². The van der Waals surface area contributed by atoms with Crippen molar-refractivity contribution in [3.63, 3.8) is 0 Å². The fraction of sp³-hybridized carbons (Fsp3) is 0.316. The molecule has 0 atom stereocenters. The maximum atomic E-state index is 13.8. The van der Waals surface area contributed by atoms with E-state index in [9.17, 15) is 13.6 Å². The Morgan fingerprint density at radius 3 is 2.58 bits per heavy atom. The van der Waals surface area contributed by atoms with Gasteiger partial charge in [-0.05, 0) is 57.2 Å². The van der Waals surface area contributed by atoms with Crippen LogP contribution in [0.5, 0.6) is 0 Å². The molecule has 3 rings (SSSR count). The van der Waals surface area contributed by atoms with Crippen molar-refractivity contribution in [1.82, 2.24) is 4.90 Å². The number of halogens is 2. The van der Waals surface area contributed by atoms with Gasteiger partial charge >= 0.3 is 0 Å². The molecule has 5 heteroatoms. The van der Waals surface area contributed by atoms with Crippen molar-refractivity contribution in [1.29, 1.82) is 0 Å². The molecular formula is C19H20F2N2O. The number of hydrogen-bond donors (Lipinski definition) is 1. The third-order valence-corrected chi connectivity index (χ3v) is 4.47. The van der Waals surface area contributed by atoms with Gasteiger partial charge < -0.3 is 10.2 Å². The Kier molecular flexibility index (Phi) is 4.90. The first-order chi connectivity index (χ1) is 11.5. The maximum absolute atomic E-state index is 13.8. The van der Waals surface area contributed by atoms with Crippen molar-refractivity contribution in [3.8, 4) is 0 Å². The van der Waals surface area contributed by atoms with Gasteiger partial charge in [0.25, 0.3) is 0 Å². The molecule has 1 aliphatic heterocycles. The summed E-state index contributed by atoms with van der Waals surface area (Å²) in [6.45, 7) is 1.84. The number of carbonyl (C=O) groups excluding carboxylic acids is 1. The summed E-state index contributed by atoms with van der Waals surface area (Å²) in [7, 11) is 2.05. The Morgan fingerprint density at radius 1 is 1.12 bits per heavy atom. The summed E-state index contributed by atoms with van der Waals surface area (Å²) in [5.74, 6) is -1.68. The summed E-state index contributed by atoms with van der Waals surface area (Å²) < 4.78 is 27.1. The van der Waals surface area contributed by atoms with Gasteiger partial charge in [0.15, 0.2) is 17.4 Å². The Hall–Kier alpha value is -2.27. The average molecular weight is 330 g/mol. The van der Waals surface area contributed by atoms with Crippen LogP contribution < -0.4 is 5.32 Å². The number of hydrogen-bond acceptors (Lipinski definition) is 3. The molecule has 1 aliphatic rings. The van der Waals surface area contributed by atoms with Crippen LogP contribution in [0.1, 0.15) is 23.2 Å². The zero-order chi connectivity index (χ0) is 17.1. The van der Waals surface area contributed by atoms with Crippen LogP contribution in [0.3, 0.4) is 0 Å². The van der Waals surface area contributed by atoms with E-state index in [0.29, 0.717) is 11.3 Å². The molecule has 2 aromatic carbocycles. The third-order valence-electron chi connectivity index (χ3n) is 4.47. The van der Waals surface area contributed by atoms with Crippen LogP contribution in [-0.4, -0.2) is 30.8 Å². The topological polar surface area (TPSA) is 32.3 Å². The summed E-state index contributed by atoms with van der Waals surface area (Å²) in [6.07, 6.45) is 1.71. The molecule has 1 N–H and O–H groups in total. The maximum Gasteiger partial charge on any atom is 0.182 e. The van der Waals surface area contributed by atoms with Crippen LogP contribution in [0.4, 0.5) is 20.2 Å². The van der Waals surface area contributed by atoms with E-state index in [2.05, 4.69) is 17.3 Å². The van der Waals surface area contributed by atoms with Gasteiger partial charge in [0, 0.05) is 17.2 Å². The van der Waals surface area contributed by atoms with E-state index in [1.807, 2.05) is 0 Å². The number of Topliss-reactive ketones (excluding diaryl/α,β-unsaturated/α-hetero) is 1. The third kappa shape index (κ3) is 3.62. The van der Waals surface area contributed by atoms with Crippen LogP contribution in [0.2, 0.25) is 0 Å². The van der Waals surface area contributed by atoms with Gasteiger partial charge in [-0.25, -0.2) is 8.78 Å². The van der Waals surface area contributed by atoms with Crippen molar-refractivity contribution in [2.45, 2.75) is 12.8 Å².